The van der Waals surface area contributed by atoms with Crippen LogP contribution < -0.4 is 10.6 Å². The number of fused-ring (bicyclic) bond motifs is 2. The molecule has 1 spiro atoms. The number of rotatable bonds is 1. The number of carbonyl (C=O) groups is 1. The van der Waals surface area contributed by atoms with E-state index in [9.17, 15) is 18.0 Å². The van der Waals surface area contributed by atoms with Crippen molar-refractivity contribution in [2.75, 3.05) is 10.6 Å². The van der Waals surface area contributed by atoms with Crippen LogP contribution in [0.1, 0.15) is 44.1 Å². The number of benzene rings is 1. The van der Waals surface area contributed by atoms with E-state index in [0.717, 1.165) is 12.8 Å². The molecule has 1 aliphatic heterocycles. The van der Waals surface area contributed by atoms with Crippen molar-refractivity contribution in [1.29, 1.82) is 0 Å². The second-order valence-corrected chi connectivity index (χ2v) is 6.74. The van der Waals surface area contributed by atoms with Gasteiger partial charge in [-0.05, 0) is 43.4 Å². The van der Waals surface area contributed by atoms with E-state index < -0.39 is 17.2 Å². The van der Waals surface area contributed by atoms with Crippen LogP contribution in [0.4, 0.5) is 24.5 Å². The number of halogens is 3. The Labute approximate surface area is 126 Å². The van der Waals surface area contributed by atoms with Gasteiger partial charge in [0.15, 0.2) is 0 Å². The fourth-order valence-electron chi connectivity index (χ4n) is 3.88. The summed E-state index contributed by atoms with van der Waals surface area (Å²) in [6, 6.07) is 2.81. The van der Waals surface area contributed by atoms with Gasteiger partial charge in [-0.25, -0.2) is 13.2 Å². The first-order chi connectivity index (χ1) is 10.3. The summed E-state index contributed by atoms with van der Waals surface area (Å²) in [6.07, 6.45) is 1.10. The maximum atomic E-state index is 14.4. The van der Waals surface area contributed by atoms with Crippen LogP contribution in [0.2, 0.25) is 0 Å². The molecule has 0 radical (unpaired) electrons. The van der Waals surface area contributed by atoms with Crippen molar-refractivity contribution in [3.8, 4) is 0 Å². The molecular formula is C16H17F3N2O. The van der Waals surface area contributed by atoms with Crippen molar-refractivity contribution in [2.24, 2.45) is 0 Å². The lowest BCUT2D eigenvalue weighted by molar-refractivity contribution is -0.128. The van der Waals surface area contributed by atoms with Gasteiger partial charge in [-0.2, -0.15) is 0 Å². The minimum atomic E-state index is -2.74. The third kappa shape index (κ3) is 1.79. The number of anilines is 2. The number of amides is 1. The quantitative estimate of drug-likeness (QED) is 0.808. The summed E-state index contributed by atoms with van der Waals surface area (Å²) in [4.78, 5) is 14.5. The molecule has 6 heteroatoms. The van der Waals surface area contributed by atoms with Crippen molar-refractivity contribution >= 4 is 17.3 Å². The average molecular weight is 310 g/mol. The molecule has 2 saturated carbocycles. The molecule has 22 heavy (non-hydrogen) atoms. The fourth-order valence-corrected chi connectivity index (χ4v) is 3.88. The van der Waals surface area contributed by atoms with Crippen molar-refractivity contribution in [3.05, 3.63) is 23.5 Å². The number of nitrogens with zero attached hydrogens (tertiary/aromatic N) is 1. The monoisotopic (exact) mass is 310 g/mol. The highest BCUT2D eigenvalue weighted by molar-refractivity contribution is 6.09. The zero-order chi connectivity index (χ0) is 15.7. The van der Waals surface area contributed by atoms with Gasteiger partial charge < -0.3 is 10.6 Å². The van der Waals surface area contributed by atoms with Crippen LogP contribution >= 0.6 is 0 Å². The van der Waals surface area contributed by atoms with Crippen LogP contribution in [0, 0.1) is 5.82 Å². The minimum Gasteiger partial charge on any atom is -0.399 e. The van der Waals surface area contributed by atoms with E-state index in [2.05, 4.69) is 0 Å². The van der Waals surface area contributed by atoms with E-state index in [1.165, 1.54) is 11.0 Å². The minimum absolute atomic E-state index is 0.00573. The summed E-state index contributed by atoms with van der Waals surface area (Å²) in [5.41, 5.74) is 5.74. The zero-order valence-electron chi connectivity index (χ0n) is 12.0. The van der Waals surface area contributed by atoms with Crippen LogP contribution in [0.25, 0.3) is 0 Å². The molecule has 1 aromatic carbocycles. The smallest absolute Gasteiger partial charge is 0.248 e. The van der Waals surface area contributed by atoms with Gasteiger partial charge >= 0.3 is 0 Å². The predicted octanol–water partition coefficient (Wildman–Crippen LogP) is 3.36. The number of alkyl halides is 2. The molecule has 2 fully saturated rings. The van der Waals surface area contributed by atoms with E-state index in [0.29, 0.717) is 5.56 Å². The SMILES string of the molecule is Nc1cc(F)c2c(c1)C1(CCC(F)(F)CC1)C(=O)N2C1CC1. The Balaban J connectivity index is 1.86. The lowest BCUT2D eigenvalue weighted by Gasteiger charge is -2.36. The molecule has 0 atom stereocenters. The topological polar surface area (TPSA) is 46.3 Å². The Bertz CT molecular complexity index is 660. The van der Waals surface area contributed by atoms with Gasteiger partial charge in [0.1, 0.15) is 5.82 Å². The van der Waals surface area contributed by atoms with Gasteiger partial charge in [0.2, 0.25) is 11.8 Å². The van der Waals surface area contributed by atoms with Crippen LogP contribution in [0.3, 0.4) is 0 Å². The van der Waals surface area contributed by atoms with Crippen molar-refractivity contribution in [3.63, 3.8) is 0 Å². The first-order valence-corrected chi connectivity index (χ1v) is 7.65. The standard InChI is InChI=1S/C16H17F3N2O/c17-12-8-9(20)7-11-13(12)21(10-1-2-10)14(22)15(11)3-5-16(18,19)6-4-15/h7-8,10H,1-6,20H2. The second kappa shape index (κ2) is 4.18. The van der Waals surface area contributed by atoms with Gasteiger partial charge in [-0.15, -0.1) is 0 Å². The third-order valence-electron chi connectivity index (χ3n) is 5.22. The predicted molar refractivity (Wildman–Crippen MR) is 76.4 cm³/mol. The Morgan fingerprint density at radius 3 is 2.36 bits per heavy atom. The molecule has 1 heterocycles. The normalized spacial score (nSPS) is 25.6. The summed E-state index contributed by atoms with van der Waals surface area (Å²) >= 11 is 0. The molecule has 0 unspecified atom stereocenters. The highest BCUT2D eigenvalue weighted by atomic mass is 19.3. The molecule has 0 bridgehead atoms. The van der Waals surface area contributed by atoms with Gasteiger partial charge in [0.05, 0.1) is 11.1 Å². The molecule has 4 rings (SSSR count). The molecular weight excluding hydrogens is 293 g/mol. The highest BCUT2D eigenvalue weighted by Crippen LogP contribution is 2.56. The summed E-state index contributed by atoms with van der Waals surface area (Å²) in [5.74, 6) is -3.48. The molecule has 3 aliphatic rings. The van der Waals surface area contributed by atoms with E-state index in [1.807, 2.05) is 0 Å². The first kappa shape index (κ1) is 13.9. The number of nitrogen functional groups attached to an aromatic ring is 1. The molecule has 1 amide bonds. The number of hydrogen-bond donors (Lipinski definition) is 1. The molecule has 0 aromatic heterocycles. The van der Waals surface area contributed by atoms with E-state index in [1.54, 1.807) is 6.07 Å². The van der Waals surface area contributed by atoms with Crippen molar-refractivity contribution in [2.45, 2.75) is 55.9 Å². The van der Waals surface area contributed by atoms with E-state index in [4.69, 9.17) is 5.73 Å². The lowest BCUT2D eigenvalue weighted by atomic mass is 9.69. The summed E-state index contributed by atoms with van der Waals surface area (Å²) in [6.45, 7) is 0. The summed E-state index contributed by atoms with van der Waals surface area (Å²) < 4.78 is 41.5. The number of nitrogens with two attached hydrogens (primary N) is 1. The van der Waals surface area contributed by atoms with E-state index in [-0.39, 0.29) is 49.0 Å². The summed E-state index contributed by atoms with van der Waals surface area (Å²) in [5, 5.41) is 0. The molecule has 118 valence electrons. The van der Waals surface area contributed by atoms with Crippen LogP contribution in [-0.2, 0) is 10.2 Å². The number of carbonyl (C=O) groups excluding carboxylic acids is 1. The van der Waals surface area contributed by atoms with Crippen molar-refractivity contribution < 1.29 is 18.0 Å². The van der Waals surface area contributed by atoms with Gasteiger partial charge in [0.25, 0.3) is 0 Å². The highest BCUT2D eigenvalue weighted by Gasteiger charge is 2.58. The average Bonchev–Trinajstić information content (AvgIpc) is 3.23. The van der Waals surface area contributed by atoms with Crippen molar-refractivity contribution in [1.82, 2.24) is 0 Å². The largest absolute Gasteiger partial charge is 0.399 e. The Morgan fingerprint density at radius 1 is 1.14 bits per heavy atom. The van der Waals surface area contributed by atoms with Crippen LogP contribution in [0.15, 0.2) is 12.1 Å². The Hall–Kier alpha value is -1.72. The maximum absolute atomic E-state index is 14.4. The second-order valence-electron chi connectivity index (χ2n) is 6.74. The Kier molecular flexibility index (Phi) is 2.64. The van der Waals surface area contributed by atoms with Crippen LogP contribution in [-0.4, -0.2) is 17.9 Å². The first-order valence-electron chi connectivity index (χ1n) is 7.65. The molecule has 2 aliphatic carbocycles. The van der Waals surface area contributed by atoms with Gasteiger partial charge in [-0.1, -0.05) is 0 Å². The molecule has 0 saturated heterocycles. The van der Waals surface area contributed by atoms with Crippen LogP contribution in [0.5, 0.6) is 0 Å². The van der Waals surface area contributed by atoms with E-state index >= 15 is 0 Å². The third-order valence-corrected chi connectivity index (χ3v) is 5.22. The molecule has 2 N–H and O–H groups in total. The lowest BCUT2D eigenvalue weighted by Crippen LogP contribution is -2.45. The fraction of sp³-hybridized carbons (Fsp3) is 0.562. The Morgan fingerprint density at radius 2 is 1.77 bits per heavy atom. The zero-order valence-corrected chi connectivity index (χ0v) is 12.0. The molecule has 3 nitrogen and oxygen atoms in total. The number of hydrogen-bond acceptors (Lipinski definition) is 2. The van der Waals surface area contributed by atoms with Gasteiger partial charge in [-0.3, -0.25) is 4.79 Å². The summed E-state index contributed by atoms with van der Waals surface area (Å²) in [7, 11) is 0. The molecule has 1 aromatic rings. The van der Waals surface area contributed by atoms with Gasteiger partial charge in [0, 0.05) is 24.6 Å². The maximum Gasteiger partial charge on any atom is 0.248 e.